The van der Waals surface area contributed by atoms with E-state index in [9.17, 15) is 29.1 Å². The van der Waals surface area contributed by atoms with Crippen molar-refractivity contribution in [2.75, 3.05) is 13.7 Å². The number of nitrogens with one attached hydrogen (secondary N) is 3. The van der Waals surface area contributed by atoms with Crippen molar-refractivity contribution in [3.63, 3.8) is 0 Å². The summed E-state index contributed by atoms with van der Waals surface area (Å²) in [6.45, 7) is 15.5. The van der Waals surface area contributed by atoms with Crippen molar-refractivity contribution in [2.45, 2.75) is 117 Å². The Morgan fingerprint density at radius 3 is 2.11 bits per heavy atom. The van der Waals surface area contributed by atoms with Crippen LogP contribution >= 0.6 is 22.7 Å². The van der Waals surface area contributed by atoms with Gasteiger partial charge in [-0.05, 0) is 92.8 Å². The molecule has 5 heterocycles. The molecule has 2 aliphatic heterocycles. The number of methoxy groups -OCH3 is 1. The minimum atomic E-state index is -0.963. The second-order valence-corrected chi connectivity index (χ2v) is 22.6. The van der Waals surface area contributed by atoms with Gasteiger partial charge in [-0.3, -0.25) is 33.5 Å². The first-order chi connectivity index (χ1) is 34.8. The molecule has 5 atom stereocenters. The molecule has 18 heteroatoms. The number of aromatic nitrogens is 4. The van der Waals surface area contributed by atoms with Crippen LogP contribution in [0.2, 0.25) is 0 Å². The van der Waals surface area contributed by atoms with Crippen molar-refractivity contribution < 1.29 is 33.8 Å². The van der Waals surface area contributed by atoms with Gasteiger partial charge in [0.25, 0.3) is 5.91 Å². The van der Waals surface area contributed by atoms with Crippen LogP contribution in [0.3, 0.4) is 0 Å². The lowest BCUT2D eigenvalue weighted by atomic mass is 9.78. The fourth-order valence-electron chi connectivity index (χ4n) is 9.89. The number of aliphatic hydroxyl groups excluding tert-OH is 1. The standard InChI is InChI=1S/C55H61N9O7S2/c1-28-31(4)73-54-45(28)46(59-42(25-44(66)71-9)49-62-61-32(5)64(49)54)36-16-12-34(13-17-36)35-14-20-38(21-15-35)50(67)58-40-22-39(23-40)51(68)60-48(55(6,7)8)53(70)63-26-41(65)24-43(63)52(69)57-29(2)33-10-18-37(19-11-33)47-30(3)56-27-72-47/h10-21,27,29,39-43,48,65H,22-26H2,1-9H3,(H,57,69)(H,58,67)(H,60,68)/t29-,39-,40+,41+,42-,43-,48?/m0/s1. The molecule has 3 aliphatic rings. The highest BCUT2D eigenvalue weighted by atomic mass is 32.1. The second kappa shape index (κ2) is 20.6. The molecule has 73 heavy (non-hydrogen) atoms. The second-order valence-electron chi connectivity index (χ2n) is 20.5. The van der Waals surface area contributed by atoms with Gasteiger partial charge in [0.15, 0.2) is 5.82 Å². The van der Waals surface area contributed by atoms with E-state index in [1.54, 1.807) is 34.8 Å². The third-order valence-corrected chi connectivity index (χ3v) is 16.5. The summed E-state index contributed by atoms with van der Waals surface area (Å²) in [5, 5.41) is 29.6. The predicted octanol–water partition coefficient (Wildman–Crippen LogP) is 7.69. The molecular formula is C55H61N9O7S2. The Kier molecular flexibility index (Phi) is 14.4. The summed E-state index contributed by atoms with van der Waals surface area (Å²) in [5.74, 6) is -0.865. The van der Waals surface area contributed by atoms with Gasteiger partial charge in [-0.25, -0.2) is 4.98 Å². The third-order valence-electron chi connectivity index (χ3n) is 14.4. The molecule has 1 saturated heterocycles. The molecule has 4 amide bonds. The first kappa shape index (κ1) is 51.0. The molecule has 1 unspecified atom stereocenters. The van der Waals surface area contributed by atoms with Crippen molar-refractivity contribution in [1.82, 2.24) is 40.6 Å². The number of carbonyl (C=O) groups is 5. The summed E-state index contributed by atoms with van der Waals surface area (Å²) in [4.78, 5) is 80.9. The van der Waals surface area contributed by atoms with Crippen LogP contribution in [0, 0.1) is 39.0 Å². The molecule has 3 aromatic heterocycles. The molecule has 1 aliphatic carbocycles. The highest BCUT2D eigenvalue weighted by molar-refractivity contribution is 7.15. The van der Waals surface area contributed by atoms with E-state index in [2.05, 4.69) is 45.0 Å². The highest BCUT2D eigenvalue weighted by Crippen LogP contribution is 2.40. The first-order valence-electron chi connectivity index (χ1n) is 24.6. The summed E-state index contributed by atoms with van der Waals surface area (Å²) in [6, 6.07) is 20.3. The Labute approximate surface area is 432 Å². The lowest BCUT2D eigenvalue weighted by molar-refractivity contribution is -0.145. The van der Waals surface area contributed by atoms with E-state index < -0.39 is 47.4 Å². The van der Waals surface area contributed by atoms with Gasteiger partial charge in [0.2, 0.25) is 17.7 Å². The highest BCUT2D eigenvalue weighted by Gasteiger charge is 2.46. The molecule has 3 aromatic carbocycles. The number of β-amino-alcohol motifs (C(OH)–C–C–N with tert-alkyl or cyclic N) is 1. The van der Waals surface area contributed by atoms with Crippen LogP contribution in [0.25, 0.3) is 26.6 Å². The number of likely N-dealkylation sites (tertiary alicyclic amines) is 1. The minimum absolute atomic E-state index is 0.0169. The van der Waals surface area contributed by atoms with Crippen LogP contribution in [0.5, 0.6) is 0 Å². The van der Waals surface area contributed by atoms with Gasteiger partial charge in [-0.2, -0.15) is 0 Å². The smallest absolute Gasteiger partial charge is 0.308 e. The third kappa shape index (κ3) is 10.4. The largest absolute Gasteiger partial charge is 0.469 e. The van der Waals surface area contributed by atoms with Gasteiger partial charge in [0.1, 0.15) is 29.0 Å². The number of ether oxygens (including phenoxy) is 1. The number of nitrogens with zero attached hydrogens (tertiary/aromatic N) is 6. The van der Waals surface area contributed by atoms with E-state index in [0.29, 0.717) is 30.1 Å². The van der Waals surface area contributed by atoms with E-state index in [1.807, 2.05) is 112 Å². The molecule has 0 radical (unpaired) electrons. The summed E-state index contributed by atoms with van der Waals surface area (Å²) in [5.41, 5.74) is 10.1. The molecule has 1 saturated carbocycles. The van der Waals surface area contributed by atoms with Gasteiger partial charge < -0.3 is 30.7 Å². The first-order valence-corrected chi connectivity index (χ1v) is 26.3. The number of rotatable bonds is 13. The average Bonchev–Trinajstić information content (AvgIpc) is 4.13. The Morgan fingerprint density at radius 2 is 1.48 bits per heavy atom. The van der Waals surface area contributed by atoms with E-state index in [0.717, 1.165) is 65.1 Å². The van der Waals surface area contributed by atoms with Crippen LogP contribution < -0.4 is 16.0 Å². The van der Waals surface area contributed by atoms with Crippen molar-refractivity contribution in [1.29, 1.82) is 0 Å². The number of amides is 4. The van der Waals surface area contributed by atoms with Gasteiger partial charge in [-0.15, -0.1) is 32.9 Å². The van der Waals surface area contributed by atoms with Crippen LogP contribution in [-0.2, 0) is 23.9 Å². The predicted molar refractivity (Wildman–Crippen MR) is 281 cm³/mol. The number of hydrogen-bond donors (Lipinski definition) is 4. The number of aliphatic imine (C=N–C) groups is 1. The summed E-state index contributed by atoms with van der Waals surface area (Å²) >= 11 is 3.22. The molecule has 380 valence electrons. The molecule has 0 spiro atoms. The number of thiophene rings is 1. The normalized spacial score (nSPS) is 20.1. The van der Waals surface area contributed by atoms with Gasteiger partial charge in [0, 0.05) is 46.5 Å². The topological polar surface area (TPSA) is 210 Å². The number of esters is 1. The van der Waals surface area contributed by atoms with Crippen molar-refractivity contribution in [2.24, 2.45) is 16.3 Å². The quantitative estimate of drug-likeness (QED) is 0.0829. The summed E-state index contributed by atoms with van der Waals surface area (Å²) in [7, 11) is 1.36. The Hall–Kier alpha value is -6.89. The van der Waals surface area contributed by atoms with Gasteiger partial charge >= 0.3 is 5.97 Å². The van der Waals surface area contributed by atoms with E-state index in [4.69, 9.17) is 9.73 Å². The lowest BCUT2D eigenvalue weighted by Gasteiger charge is -2.39. The molecular weight excluding hydrogens is 963 g/mol. The van der Waals surface area contributed by atoms with Crippen molar-refractivity contribution in [3.05, 3.63) is 128 Å². The van der Waals surface area contributed by atoms with Crippen LogP contribution in [0.4, 0.5) is 0 Å². The number of thiazole rings is 1. The maximum atomic E-state index is 14.3. The fraction of sp³-hybridized carbons (Fsp3) is 0.400. The van der Waals surface area contributed by atoms with Crippen LogP contribution in [0.1, 0.15) is 120 Å². The van der Waals surface area contributed by atoms with E-state index >= 15 is 0 Å². The average molecular weight is 1020 g/mol. The number of fused-ring (bicyclic) bond motifs is 3. The zero-order valence-corrected chi connectivity index (χ0v) is 44.1. The Bertz CT molecular complexity index is 3110. The molecule has 4 N–H and O–H groups in total. The van der Waals surface area contributed by atoms with Crippen LogP contribution in [0.15, 0.2) is 83.3 Å². The number of benzene rings is 3. The number of aryl methyl sites for hydroxylation is 3. The maximum Gasteiger partial charge on any atom is 0.308 e. The molecule has 9 rings (SSSR count). The summed E-state index contributed by atoms with van der Waals surface area (Å²) in [6.07, 6.45) is 0.0201. The number of hydrogen-bond acceptors (Lipinski definition) is 13. The molecule has 6 aromatic rings. The molecule has 0 bridgehead atoms. The Morgan fingerprint density at radius 1 is 0.836 bits per heavy atom. The Balaban J connectivity index is 0.799. The van der Waals surface area contributed by atoms with Crippen molar-refractivity contribution in [3.8, 4) is 26.6 Å². The van der Waals surface area contributed by atoms with Gasteiger partial charge in [0.05, 0.1) is 47.5 Å². The SMILES string of the molecule is COC(=O)C[C@@H]1N=C(c2ccc(-c3ccc(C(=O)N[C@H]4C[C@@H](C(=O)NC(C(=O)N5C[C@H](O)C[C@H]5C(=O)N[C@@H](C)c5ccc(-c6scnc6C)cc5)C(C)(C)C)C4)cc3)cc2)c2c(sc(C)c2C)-n2c(C)nnc21. The molecule has 2 fully saturated rings. The zero-order chi connectivity index (χ0) is 52.0. The van der Waals surface area contributed by atoms with E-state index in [1.165, 1.54) is 12.0 Å². The zero-order valence-electron chi connectivity index (χ0n) is 42.5. The number of carbonyl (C=O) groups excluding carboxylic acids is 5. The lowest BCUT2D eigenvalue weighted by Crippen LogP contribution is -2.60. The monoisotopic (exact) mass is 1020 g/mol. The van der Waals surface area contributed by atoms with E-state index in [-0.39, 0.29) is 49.2 Å². The fourth-order valence-corrected chi connectivity index (χ4v) is 11.9. The summed E-state index contributed by atoms with van der Waals surface area (Å²) < 4.78 is 7.03. The molecule has 16 nitrogen and oxygen atoms in total. The van der Waals surface area contributed by atoms with Crippen molar-refractivity contribution >= 4 is 58.0 Å². The minimum Gasteiger partial charge on any atom is -0.469 e. The maximum absolute atomic E-state index is 14.3. The van der Waals surface area contributed by atoms with Gasteiger partial charge in [-0.1, -0.05) is 81.4 Å². The van der Waals surface area contributed by atoms with Crippen LogP contribution in [-0.4, -0.2) is 103 Å². The number of aliphatic hydroxyl groups is 1.